The highest BCUT2D eigenvalue weighted by molar-refractivity contribution is 7.22. The van der Waals surface area contributed by atoms with Crippen molar-refractivity contribution in [3.05, 3.63) is 89.0 Å². The molecule has 39 heavy (non-hydrogen) atoms. The molecule has 1 amide bonds. The highest BCUT2D eigenvalue weighted by Gasteiger charge is 2.48. The quantitative estimate of drug-likeness (QED) is 0.152. The van der Waals surface area contributed by atoms with Crippen LogP contribution in [-0.2, 0) is 16.0 Å². The Labute approximate surface area is 231 Å². The van der Waals surface area contributed by atoms with E-state index in [2.05, 4.69) is 13.0 Å². The Morgan fingerprint density at radius 1 is 1.00 bits per heavy atom. The molecule has 4 aromatic rings. The van der Waals surface area contributed by atoms with Gasteiger partial charge in [0.05, 0.1) is 34.5 Å². The molecule has 0 unspecified atom stereocenters. The molecule has 1 fully saturated rings. The van der Waals surface area contributed by atoms with E-state index in [1.807, 2.05) is 45.0 Å². The minimum atomic E-state index is -0.865. The second kappa shape index (κ2) is 10.9. The van der Waals surface area contributed by atoms with Crippen LogP contribution in [0.15, 0.2) is 72.3 Å². The standard InChI is InChI=1S/C31H30N2O5S/c1-5-19-7-16-24-25(17-19)39-31(32-24)33-27(20-8-14-23(15-9-20)38-18(3)4)26(29(35)30(33)36)28(34)21-10-12-22(13-11-21)37-6-2/h7-18,27,34H,5-6H2,1-4H3/b28-26+/t27-/m1/s1. The van der Waals surface area contributed by atoms with Crippen LogP contribution in [-0.4, -0.2) is 34.5 Å². The molecule has 8 heteroatoms. The van der Waals surface area contributed by atoms with Crippen LogP contribution in [0.1, 0.15) is 50.4 Å². The second-order valence-electron chi connectivity index (χ2n) is 9.51. The zero-order chi connectivity index (χ0) is 27.7. The first-order valence-corrected chi connectivity index (χ1v) is 13.8. The van der Waals surface area contributed by atoms with Gasteiger partial charge in [0, 0.05) is 5.56 Å². The van der Waals surface area contributed by atoms with Crippen LogP contribution in [0.5, 0.6) is 11.5 Å². The lowest BCUT2D eigenvalue weighted by Crippen LogP contribution is -2.29. The number of thiazole rings is 1. The number of aliphatic hydroxyl groups excluding tert-OH is 1. The van der Waals surface area contributed by atoms with Crippen molar-refractivity contribution in [3.8, 4) is 11.5 Å². The van der Waals surface area contributed by atoms with Crippen molar-refractivity contribution in [2.75, 3.05) is 11.5 Å². The smallest absolute Gasteiger partial charge is 0.301 e. The van der Waals surface area contributed by atoms with E-state index in [9.17, 15) is 14.7 Å². The topological polar surface area (TPSA) is 89.0 Å². The highest BCUT2D eigenvalue weighted by Crippen LogP contribution is 2.44. The molecule has 1 aromatic heterocycles. The van der Waals surface area contributed by atoms with Crippen molar-refractivity contribution >= 4 is 44.1 Å². The fraction of sp³-hybridized carbons (Fsp3) is 0.258. The third-order valence-corrected chi connectivity index (χ3v) is 7.52. The molecule has 1 aliphatic heterocycles. The molecule has 200 valence electrons. The summed E-state index contributed by atoms with van der Waals surface area (Å²) < 4.78 is 12.2. The van der Waals surface area contributed by atoms with Gasteiger partial charge in [0.25, 0.3) is 5.78 Å². The fourth-order valence-electron chi connectivity index (χ4n) is 4.66. The molecule has 0 aliphatic carbocycles. The average Bonchev–Trinajstić information content (AvgIpc) is 3.46. The molecule has 0 saturated carbocycles. The largest absolute Gasteiger partial charge is 0.507 e. The van der Waals surface area contributed by atoms with Crippen molar-refractivity contribution < 1.29 is 24.2 Å². The van der Waals surface area contributed by atoms with Gasteiger partial charge in [0.1, 0.15) is 17.3 Å². The number of hydrogen-bond acceptors (Lipinski definition) is 7. The molecule has 1 saturated heterocycles. The number of carbonyl (C=O) groups excluding carboxylic acids is 2. The number of ketones is 1. The molecule has 0 radical (unpaired) electrons. The molecular weight excluding hydrogens is 512 g/mol. The molecule has 3 aromatic carbocycles. The number of aryl methyl sites for hydroxylation is 1. The van der Waals surface area contributed by atoms with E-state index in [-0.39, 0.29) is 17.4 Å². The number of fused-ring (bicyclic) bond motifs is 1. The Kier molecular flexibility index (Phi) is 7.39. The highest BCUT2D eigenvalue weighted by atomic mass is 32.1. The Morgan fingerprint density at radius 2 is 1.69 bits per heavy atom. The number of aromatic nitrogens is 1. The lowest BCUT2D eigenvalue weighted by Gasteiger charge is -2.23. The van der Waals surface area contributed by atoms with Crippen LogP contribution < -0.4 is 14.4 Å². The zero-order valence-electron chi connectivity index (χ0n) is 22.3. The number of carbonyl (C=O) groups is 2. The van der Waals surface area contributed by atoms with Gasteiger partial charge < -0.3 is 14.6 Å². The van der Waals surface area contributed by atoms with Crippen molar-refractivity contribution in [2.24, 2.45) is 0 Å². The van der Waals surface area contributed by atoms with Gasteiger partial charge in [0.2, 0.25) is 0 Å². The number of Topliss-reactive ketones (excluding diaryl/α,β-unsaturated/α-hetero) is 1. The number of ether oxygens (including phenoxy) is 2. The summed E-state index contributed by atoms with van der Waals surface area (Å²) >= 11 is 1.35. The Balaban J connectivity index is 1.65. The van der Waals surface area contributed by atoms with Crippen LogP contribution in [0.3, 0.4) is 0 Å². The SMILES string of the molecule is CCOc1ccc(/C(O)=C2\C(=O)C(=O)N(c3nc4ccc(CC)cc4s3)[C@@H]2c2ccc(OC(C)C)cc2)cc1. The average molecular weight is 543 g/mol. The van der Waals surface area contributed by atoms with Crippen LogP contribution in [0.4, 0.5) is 5.13 Å². The van der Waals surface area contributed by atoms with Gasteiger partial charge >= 0.3 is 5.91 Å². The van der Waals surface area contributed by atoms with Gasteiger partial charge in [-0.1, -0.05) is 36.5 Å². The number of anilines is 1. The summed E-state index contributed by atoms with van der Waals surface area (Å²) in [6, 6.07) is 19.2. The second-order valence-corrected chi connectivity index (χ2v) is 10.5. The number of nitrogens with zero attached hydrogens (tertiary/aromatic N) is 2. The summed E-state index contributed by atoms with van der Waals surface area (Å²) in [4.78, 5) is 33.2. The van der Waals surface area contributed by atoms with E-state index < -0.39 is 17.7 Å². The molecule has 1 atom stereocenters. The van der Waals surface area contributed by atoms with Crippen molar-refractivity contribution in [1.29, 1.82) is 0 Å². The Hall–Kier alpha value is -4.17. The number of benzene rings is 3. The molecule has 2 heterocycles. The van der Waals surface area contributed by atoms with Crippen molar-refractivity contribution in [2.45, 2.75) is 46.3 Å². The van der Waals surface area contributed by atoms with E-state index in [4.69, 9.17) is 14.5 Å². The van der Waals surface area contributed by atoms with Gasteiger partial charge in [-0.05, 0) is 86.8 Å². The molecule has 1 N–H and O–H groups in total. The summed E-state index contributed by atoms with van der Waals surface area (Å²) in [6.07, 6.45) is 0.873. The number of amides is 1. The van der Waals surface area contributed by atoms with E-state index >= 15 is 0 Å². The van der Waals surface area contributed by atoms with E-state index in [1.54, 1.807) is 36.4 Å². The molecule has 0 bridgehead atoms. The van der Waals surface area contributed by atoms with Gasteiger partial charge in [-0.3, -0.25) is 14.5 Å². The normalized spacial score (nSPS) is 16.8. The lowest BCUT2D eigenvalue weighted by atomic mass is 9.95. The predicted molar refractivity (Wildman–Crippen MR) is 154 cm³/mol. The van der Waals surface area contributed by atoms with E-state index in [1.165, 1.54) is 16.2 Å². The number of aliphatic hydroxyl groups is 1. The number of rotatable bonds is 8. The van der Waals surface area contributed by atoms with Gasteiger partial charge in [-0.25, -0.2) is 4.98 Å². The minimum Gasteiger partial charge on any atom is -0.507 e. The van der Waals surface area contributed by atoms with Crippen LogP contribution in [0, 0.1) is 0 Å². The lowest BCUT2D eigenvalue weighted by molar-refractivity contribution is -0.132. The van der Waals surface area contributed by atoms with Gasteiger partial charge in [0.15, 0.2) is 5.13 Å². The summed E-state index contributed by atoms with van der Waals surface area (Å²) in [5.74, 6) is -0.426. The Morgan fingerprint density at radius 3 is 2.33 bits per heavy atom. The van der Waals surface area contributed by atoms with Crippen molar-refractivity contribution in [1.82, 2.24) is 4.98 Å². The maximum absolute atomic E-state index is 13.5. The summed E-state index contributed by atoms with van der Waals surface area (Å²) in [7, 11) is 0. The summed E-state index contributed by atoms with van der Waals surface area (Å²) in [5, 5.41) is 11.8. The van der Waals surface area contributed by atoms with E-state index in [0.717, 1.165) is 22.2 Å². The molecule has 5 rings (SSSR count). The van der Waals surface area contributed by atoms with Gasteiger partial charge in [-0.15, -0.1) is 0 Å². The first kappa shape index (κ1) is 26.4. The maximum atomic E-state index is 13.5. The zero-order valence-corrected chi connectivity index (χ0v) is 23.1. The predicted octanol–water partition coefficient (Wildman–Crippen LogP) is 6.67. The minimum absolute atomic E-state index is 0.00287. The summed E-state index contributed by atoms with van der Waals surface area (Å²) in [5.41, 5.74) is 2.99. The third kappa shape index (κ3) is 5.12. The first-order valence-electron chi connectivity index (χ1n) is 13.0. The molecule has 7 nitrogen and oxygen atoms in total. The molecule has 1 aliphatic rings. The van der Waals surface area contributed by atoms with Crippen LogP contribution >= 0.6 is 11.3 Å². The maximum Gasteiger partial charge on any atom is 0.301 e. The number of hydrogen-bond donors (Lipinski definition) is 1. The van der Waals surface area contributed by atoms with Crippen molar-refractivity contribution in [3.63, 3.8) is 0 Å². The van der Waals surface area contributed by atoms with E-state index in [0.29, 0.717) is 34.4 Å². The fourth-order valence-corrected chi connectivity index (χ4v) is 5.71. The molecular formula is C31H30N2O5S. The third-order valence-electron chi connectivity index (χ3n) is 6.51. The molecule has 0 spiro atoms. The van der Waals surface area contributed by atoms with Crippen LogP contribution in [0.25, 0.3) is 16.0 Å². The van der Waals surface area contributed by atoms with Crippen LogP contribution in [0.2, 0.25) is 0 Å². The monoisotopic (exact) mass is 542 g/mol. The first-order chi connectivity index (χ1) is 18.8. The summed E-state index contributed by atoms with van der Waals surface area (Å²) in [6.45, 7) is 8.36. The Bertz CT molecular complexity index is 1550. The van der Waals surface area contributed by atoms with Gasteiger partial charge in [-0.2, -0.15) is 0 Å².